The van der Waals surface area contributed by atoms with Crippen molar-refractivity contribution in [2.24, 2.45) is 0 Å². The number of amides is 1. The van der Waals surface area contributed by atoms with Crippen molar-refractivity contribution in [3.63, 3.8) is 0 Å². The lowest BCUT2D eigenvalue weighted by Gasteiger charge is -2.12. The Morgan fingerprint density at radius 3 is 2.55 bits per heavy atom. The number of aryl methyl sites for hydroxylation is 2. The Morgan fingerprint density at radius 1 is 1.35 bits per heavy atom. The summed E-state index contributed by atoms with van der Waals surface area (Å²) in [6.07, 6.45) is 1.60. The predicted octanol–water partition coefficient (Wildman–Crippen LogP) is 3.48. The number of carbonyl (C=O) groups excluding carboxylic acids is 1. The van der Waals surface area contributed by atoms with E-state index in [9.17, 15) is 4.79 Å². The molecule has 0 radical (unpaired) electrons. The van der Waals surface area contributed by atoms with E-state index in [0.717, 1.165) is 0 Å². The average Bonchev–Trinajstić information content (AvgIpc) is 2.89. The molecule has 0 spiro atoms. The van der Waals surface area contributed by atoms with Crippen molar-refractivity contribution in [3.8, 4) is 5.75 Å². The van der Waals surface area contributed by atoms with E-state index in [2.05, 4.69) is 15.3 Å². The number of nitrogens with one attached hydrogen (secondary N) is 1. The number of rotatable bonds is 4. The summed E-state index contributed by atoms with van der Waals surface area (Å²) in [4.78, 5) is 19.8. The first-order valence-corrected chi connectivity index (χ1v) is 7.27. The Hall–Kier alpha value is -1.37. The van der Waals surface area contributed by atoms with Crippen LogP contribution in [-0.2, 0) is 4.79 Å². The second-order valence-electron chi connectivity index (χ2n) is 3.91. The van der Waals surface area contributed by atoms with Gasteiger partial charge in [0.1, 0.15) is 10.0 Å². The first-order chi connectivity index (χ1) is 9.49. The van der Waals surface area contributed by atoms with Crippen molar-refractivity contribution in [3.05, 3.63) is 33.0 Å². The Kier molecular flexibility index (Phi) is 4.80. The first-order valence-electron chi connectivity index (χ1n) is 5.63. The molecule has 2 aromatic rings. The maximum absolute atomic E-state index is 11.7. The Morgan fingerprint density at radius 2 is 2.00 bits per heavy atom. The summed E-state index contributed by atoms with van der Waals surface area (Å²) in [6.45, 7) is 3.28. The number of halogens is 2. The summed E-state index contributed by atoms with van der Waals surface area (Å²) >= 11 is 13.5. The van der Waals surface area contributed by atoms with E-state index in [1.54, 1.807) is 25.4 Å². The van der Waals surface area contributed by atoms with Crippen LogP contribution in [0.3, 0.4) is 0 Å². The fourth-order valence-corrected chi connectivity index (χ4v) is 2.46. The van der Waals surface area contributed by atoms with Crippen LogP contribution in [0.25, 0.3) is 0 Å². The largest absolute Gasteiger partial charge is 0.480 e. The zero-order chi connectivity index (χ0) is 14.7. The zero-order valence-electron chi connectivity index (χ0n) is 10.7. The molecule has 1 amide bonds. The number of thiazole rings is 1. The third-order valence-electron chi connectivity index (χ3n) is 2.40. The molecule has 20 heavy (non-hydrogen) atoms. The SMILES string of the molecule is Cc1nc(C)c(Cl)c(OCC(=O)Nc2nccs2)c1Cl. The van der Waals surface area contributed by atoms with Crippen LogP contribution in [0.5, 0.6) is 5.75 Å². The van der Waals surface area contributed by atoms with E-state index < -0.39 is 0 Å². The van der Waals surface area contributed by atoms with Crippen molar-refractivity contribution in [1.29, 1.82) is 0 Å². The van der Waals surface area contributed by atoms with Crippen molar-refractivity contribution in [2.45, 2.75) is 13.8 Å². The molecule has 2 rings (SSSR count). The standard InChI is InChI=1S/C12H11Cl2N3O2S/c1-6-9(13)11(10(14)7(2)16-6)19-5-8(18)17-12-15-3-4-20-12/h3-4H,5H2,1-2H3,(H,15,17,18). The topological polar surface area (TPSA) is 64.1 Å². The highest BCUT2D eigenvalue weighted by molar-refractivity contribution is 7.13. The van der Waals surface area contributed by atoms with Gasteiger partial charge >= 0.3 is 0 Å². The number of hydrogen-bond donors (Lipinski definition) is 1. The molecule has 0 atom stereocenters. The number of ether oxygens (including phenoxy) is 1. The third-order valence-corrected chi connectivity index (χ3v) is 3.97. The minimum Gasteiger partial charge on any atom is -0.480 e. The average molecular weight is 332 g/mol. The Labute approximate surface area is 129 Å². The van der Waals surface area contributed by atoms with Gasteiger partial charge in [0.05, 0.1) is 11.4 Å². The molecule has 8 heteroatoms. The van der Waals surface area contributed by atoms with Crippen molar-refractivity contribution < 1.29 is 9.53 Å². The summed E-state index contributed by atoms with van der Waals surface area (Å²) in [5.74, 6) is -0.0631. The number of aromatic nitrogens is 2. The van der Waals surface area contributed by atoms with Crippen molar-refractivity contribution in [1.82, 2.24) is 9.97 Å². The quantitative estimate of drug-likeness (QED) is 0.931. The lowest BCUT2D eigenvalue weighted by molar-refractivity contribution is -0.118. The van der Waals surface area contributed by atoms with E-state index >= 15 is 0 Å². The van der Waals surface area contributed by atoms with Crippen LogP contribution in [-0.4, -0.2) is 22.5 Å². The third kappa shape index (κ3) is 3.39. The maximum atomic E-state index is 11.7. The van der Waals surface area contributed by atoms with E-state index in [0.29, 0.717) is 26.6 Å². The van der Waals surface area contributed by atoms with Crippen LogP contribution < -0.4 is 10.1 Å². The van der Waals surface area contributed by atoms with Crippen LogP contribution in [0.1, 0.15) is 11.4 Å². The highest BCUT2D eigenvalue weighted by Gasteiger charge is 2.16. The van der Waals surface area contributed by atoms with Crippen molar-refractivity contribution in [2.75, 3.05) is 11.9 Å². The molecule has 0 aliphatic rings. The highest BCUT2D eigenvalue weighted by Crippen LogP contribution is 2.36. The molecule has 2 heterocycles. The van der Waals surface area contributed by atoms with Gasteiger partial charge in [0.2, 0.25) is 0 Å². The van der Waals surface area contributed by atoms with Crippen LogP contribution in [0, 0.1) is 13.8 Å². The molecular formula is C12H11Cl2N3O2S. The normalized spacial score (nSPS) is 10.4. The summed E-state index contributed by atoms with van der Waals surface area (Å²) in [7, 11) is 0. The van der Waals surface area contributed by atoms with Gasteiger partial charge < -0.3 is 4.74 Å². The van der Waals surface area contributed by atoms with Gasteiger partial charge in [0.15, 0.2) is 17.5 Å². The summed E-state index contributed by atoms with van der Waals surface area (Å²) < 4.78 is 5.40. The van der Waals surface area contributed by atoms with Crippen LogP contribution in [0.15, 0.2) is 11.6 Å². The molecule has 106 valence electrons. The minimum atomic E-state index is -0.334. The van der Waals surface area contributed by atoms with Gasteiger partial charge in [-0.05, 0) is 13.8 Å². The summed E-state index contributed by atoms with van der Waals surface area (Å²) in [5, 5.41) is 5.49. The molecule has 5 nitrogen and oxygen atoms in total. The molecule has 0 fully saturated rings. The smallest absolute Gasteiger partial charge is 0.264 e. The summed E-state index contributed by atoms with van der Waals surface area (Å²) in [6, 6.07) is 0. The van der Waals surface area contributed by atoms with Crippen LogP contribution in [0.4, 0.5) is 5.13 Å². The monoisotopic (exact) mass is 331 g/mol. The van der Waals surface area contributed by atoms with Gasteiger partial charge in [-0.2, -0.15) is 0 Å². The molecule has 2 aromatic heterocycles. The van der Waals surface area contributed by atoms with Crippen LogP contribution in [0.2, 0.25) is 10.0 Å². The van der Waals surface area contributed by atoms with E-state index in [4.69, 9.17) is 27.9 Å². The zero-order valence-corrected chi connectivity index (χ0v) is 13.1. The lowest BCUT2D eigenvalue weighted by atomic mass is 10.3. The van der Waals surface area contributed by atoms with E-state index in [1.165, 1.54) is 11.3 Å². The van der Waals surface area contributed by atoms with Gasteiger partial charge in [-0.15, -0.1) is 11.3 Å². The van der Waals surface area contributed by atoms with Gasteiger partial charge in [0.25, 0.3) is 5.91 Å². The van der Waals surface area contributed by atoms with E-state index in [-0.39, 0.29) is 18.3 Å². The molecule has 0 saturated heterocycles. The fraction of sp³-hybridized carbons (Fsp3) is 0.250. The number of nitrogens with zero attached hydrogens (tertiary/aromatic N) is 2. The van der Waals surface area contributed by atoms with E-state index in [1.807, 2.05) is 0 Å². The second kappa shape index (κ2) is 6.39. The number of hydrogen-bond acceptors (Lipinski definition) is 5. The number of pyridine rings is 1. The predicted molar refractivity (Wildman–Crippen MR) is 80.0 cm³/mol. The summed E-state index contributed by atoms with van der Waals surface area (Å²) in [5.41, 5.74) is 1.20. The fourth-order valence-electron chi connectivity index (χ4n) is 1.48. The molecule has 0 aromatic carbocycles. The molecular weight excluding hydrogens is 321 g/mol. The highest BCUT2D eigenvalue weighted by atomic mass is 35.5. The maximum Gasteiger partial charge on any atom is 0.264 e. The molecule has 0 bridgehead atoms. The molecule has 0 saturated carbocycles. The van der Waals surface area contributed by atoms with Gasteiger partial charge in [-0.1, -0.05) is 23.2 Å². The lowest BCUT2D eigenvalue weighted by Crippen LogP contribution is -2.20. The molecule has 1 N–H and O–H groups in total. The Bertz CT molecular complexity index is 606. The van der Waals surface area contributed by atoms with Crippen LogP contribution >= 0.6 is 34.5 Å². The number of carbonyl (C=O) groups is 1. The second-order valence-corrected chi connectivity index (χ2v) is 5.56. The minimum absolute atomic E-state index is 0.206. The molecule has 0 unspecified atom stereocenters. The molecule has 0 aliphatic carbocycles. The van der Waals surface area contributed by atoms with Gasteiger partial charge in [0, 0.05) is 11.6 Å². The van der Waals surface area contributed by atoms with Crippen molar-refractivity contribution >= 4 is 45.6 Å². The molecule has 0 aliphatic heterocycles. The first kappa shape index (κ1) is 15.0. The van der Waals surface area contributed by atoms with Gasteiger partial charge in [-0.25, -0.2) is 4.98 Å². The Balaban J connectivity index is 2.06. The number of anilines is 1. The van der Waals surface area contributed by atoms with Gasteiger partial charge in [-0.3, -0.25) is 15.1 Å².